The number of hydrogen-bond donors (Lipinski definition) is 1. The zero-order chi connectivity index (χ0) is 13.8. The Morgan fingerprint density at radius 2 is 2.21 bits per heavy atom. The number of nitrogens with zero attached hydrogens (tertiary/aromatic N) is 2. The van der Waals surface area contributed by atoms with Gasteiger partial charge in [-0.3, -0.25) is 4.79 Å². The monoisotopic (exact) mass is 264 g/mol. The molecule has 5 nitrogen and oxygen atoms in total. The lowest BCUT2D eigenvalue weighted by Crippen LogP contribution is -2.56. The van der Waals surface area contributed by atoms with Gasteiger partial charge in [0.1, 0.15) is 11.8 Å². The topological polar surface area (TPSA) is 53.0 Å². The largest absolute Gasteiger partial charge is 0.497 e. The number of likely N-dealkylation sites (N-methyl/N-ethyl adjacent to an activating group) is 1. The SMILES string of the molecule is COc1cccc(N2CCN(C)C(=O)C2CCO)c1. The molecule has 1 aliphatic rings. The molecular weight excluding hydrogens is 244 g/mol. The molecule has 1 N–H and O–H groups in total. The highest BCUT2D eigenvalue weighted by molar-refractivity contribution is 5.86. The van der Waals surface area contributed by atoms with Gasteiger partial charge in [-0.05, 0) is 18.6 Å². The Hall–Kier alpha value is -1.75. The second-order valence-electron chi connectivity index (χ2n) is 4.68. The second kappa shape index (κ2) is 5.93. The van der Waals surface area contributed by atoms with E-state index in [2.05, 4.69) is 0 Å². The van der Waals surface area contributed by atoms with Crippen molar-refractivity contribution < 1.29 is 14.6 Å². The van der Waals surface area contributed by atoms with E-state index in [4.69, 9.17) is 9.84 Å². The van der Waals surface area contributed by atoms with E-state index in [9.17, 15) is 4.79 Å². The van der Waals surface area contributed by atoms with Crippen molar-refractivity contribution >= 4 is 11.6 Å². The van der Waals surface area contributed by atoms with Gasteiger partial charge in [-0.1, -0.05) is 6.07 Å². The Morgan fingerprint density at radius 1 is 1.42 bits per heavy atom. The summed E-state index contributed by atoms with van der Waals surface area (Å²) in [7, 11) is 3.43. The third-order valence-corrected chi connectivity index (χ3v) is 3.50. The number of amides is 1. The van der Waals surface area contributed by atoms with Gasteiger partial charge in [0.15, 0.2) is 0 Å². The first-order valence-corrected chi connectivity index (χ1v) is 6.44. The first kappa shape index (κ1) is 13.7. The number of methoxy groups -OCH3 is 1. The summed E-state index contributed by atoms with van der Waals surface area (Å²) in [4.78, 5) is 16.0. The van der Waals surface area contributed by atoms with E-state index in [0.29, 0.717) is 13.0 Å². The summed E-state index contributed by atoms with van der Waals surface area (Å²) in [6.45, 7) is 1.46. The van der Waals surface area contributed by atoms with Crippen molar-refractivity contribution in [3.05, 3.63) is 24.3 Å². The molecule has 0 saturated carbocycles. The van der Waals surface area contributed by atoms with Crippen LogP contribution < -0.4 is 9.64 Å². The Bertz CT molecular complexity index is 450. The van der Waals surface area contributed by atoms with Crippen LogP contribution in [0.15, 0.2) is 24.3 Å². The number of carbonyl (C=O) groups excluding carboxylic acids is 1. The van der Waals surface area contributed by atoms with Gasteiger partial charge in [0.25, 0.3) is 0 Å². The molecule has 0 radical (unpaired) electrons. The molecule has 1 unspecified atom stereocenters. The number of anilines is 1. The van der Waals surface area contributed by atoms with E-state index >= 15 is 0 Å². The van der Waals surface area contributed by atoms with Gasteiger partial charge in [0, 0.05) is 38.5 Å². The highest BCUT2D eigenvalue weighted by Gasteiger charge is 2.32. The molecule has 1 aliphatic heterocycles. The van der Waals surface area contributed by atoms with Crippen molar-refractivity contribution in [3.8, 4) is 5.75 Å². The smallest absolute Gasteiger partial charge is 0.245 e. The van der Waals surface area contributed by atoms with Gasteiger partial charge in [-0.2, -0.15) is 0 Å². The van der Waals surface area contributed by atoms with E-state index in [0.717, 1.165) is 18.0 Å². The highest BCUT2D eigenvalue weighted by Crippen LogP contribution is 2.26. The number of hydrogen-bond acceptors (Lipinski definition) is 4. The molecule has 0 spiro atoms. The summed E-state index contributed by atoms with van der Waals surface area (Å²) in [6, 6.07) is 7.38. The Kier molecular flexibility index (Phi) is 4.27. The van der Waals surface area contributed by atoms with E-state index < -0.39 is 0 Å². The number of ether oxygens (including phenoxy) is 1. The molecule has 0 aliphatic carbocycles. The molecular formula is C14H20N2O3. The molecule has 0 aromatic heterocycles. The van der Waals surface area contributed by atoms with Crippen molar-refractivity contribution in [2.45, 2.75) is 12.5 Å². The lowest BCUT2D eigenvalue weighted by molar-refractivity contribution is -0.133. The van der Waals surface area contributed by atoms with Gasteiger partial charge in [-0.15, -0.1) is 0 Å². The lowest BCUT2D eigenvalue weighted by Gasteiger charge is -2.40. The minimum Gasteiger partial charge on any atom is -0.497 e. The third kappa shape index (κ3) is 2.81. The molecule has 104 valence electrons. The predicted octanol–water partition coefficient (Wildman–Crippen LogP) is 0.725. The van der Waals surface area contributed by atoms with E-state index in [1.807, 2.05) is 29.2 Å². The second-order valence-corrected chi connectivity index (χ2v) is 4.68. The first-order chi connectivity index (χ1) is 9.17. The quantitative estimate of drug-likeness (QED) is 0.871. The first-order valence-electron chi connectivity index (χ1n) is 6.44. The number of aliphatic hydroxyl groups is 1. The zero-order valence-corrected chi connectivity index (χ0v) is 11.4. The van der Waals surface area contributed by atoms with Crippen LogP contribution >= 0.6 is 0 Å². The summed E-state index contributed by atoms with van der Waals surface area (Å²) in [5.41, 5.74) is 0.958. The van der Waals surface area contributed by atoms with Crippen molar-refractivity contribution in [1.82, 2.24) is 4.90 Å². The molecule has 1 aromatic carbocycles. The summed E-state index contributed by atoms with van der Waals surface area (Å²) < 4.78 is 5.22. The van der Waals surface area contributed by atoms with Crippen LogP contribution in [0.4, 0.5) is 5.69 Å². The summed E-state index contributed by atoms with van der Waals surface area (Å²) in [5.74, 6) is 0.828. The minimum absolute atomic E-state index is 0.00468. The van der Waals surface area contributed by atoms with Crippen LogP contribution in [0.2, 0.25) is 0 Å². The van der Waals surface area contributed by atoms with E-state index in [1.165, 1.54) is 0 Å². The van der Waals surface area contributed by atoms with Crippen molar-refractivity contribution in [2.24, 2.45) is 0 Å². The fraction of sp³-hybridized carbons (Fsp3) is 0.500. The Labute approximate surface area is 113 Å². The standard InChI is InChI=1S/C14H20N2O3/c1-15-7-8-16(13(6-9-17)14(15)18)11-4-3-5-12(10-11)19-2/h3-5,10,13,17H,6-9H2,1-2H3. The molecule has 0 bridgehead atoms. The van der Waals surface area contributed by atoms with Crippen molar-refractivity contribution in [1.29, 1.82) is 0 Å². The van der Waals surface area contributed by atoms with E-state index in [1.54, 1.807) is 19.1 Å². The molecule has 2 rings (SSSR count). The fourth-order valence-electron chi connectivity index (χ4n) is 2.41. The molecule has 1 amide bonds. The maximum absolute atomic E-state index is 12.2. The van der Waals surface area contributed by atoms with Crippen molar-refractivity contribution in [2.75, 3.05) is 38.8 Å². The molecule has 1 fully saturated rings. The molecule has 1 heterocycles. The zero-order valence-electron chi connectivity index (χ0n) is 11.4. The maximum Gasteiger partial charge on any atom is 0.245 e. The third-order valence-electron chi connectivity index (χ3n) is 3.50. The summed E-state index contributed by atoms with van der Waals surface area (Å²) >= 11 is 0. The van der Waals surface area contributed by atoms with Gasteiger partial charge in [0.2, 0.25) is 5.91 Å². The minimum atomic E-state index is -0.296. The predicted molar refractivity (Wildman–Crippen MR) is 73.5 cm³/mol. The van der Waals surface area contributed by atoms with Gasteiger partial charge < -0.3 is 19.6 Å². The van der Waals surface area contributed by atoms with Crippen LogP contribution in [-0.4, -0.2) is 55.8 Å². The van der Waals surface area contributed by atoms with Crippen molar-refractivity contribution in [3.63, 3.8) is 0 Å². The summed E-state index contributed by atoms with van der Waals surface area (Å²) in [5, 5.41) is 9.17. The number of aliphatic hydroxyl groups excluding tert-OH is 1. The average molecular weight is 264 g/mol. The van der Waals surface area contributed by atoms with Crippen LogP contribution in [-0.2, 0) is 4.79 Å². The van der Waals surface area contributed by atoms with Crippen LogP contribution in [0, 0.1) is 0 Å². The van der Waals surface area contributed by atoms with Gasteiger partial charge in [0.05, 0.1) is 7.11 Å². The number of carbonyl (C=O) groups is 1. The fourth-order valence-corrected chi connectivity index (χ4v) is 2.41. The van der Waals surface area contributed by atoms with Crippen LogP contribution in [0.5, 0.6) is 5.75 Å². The maximum atomic E-state index is 12.2. The number of rotatable bonds is 4. The molecule has 19 heavy (non-hydrogen) atoms. The van der Waals surface area contributed by atoms with Crippen LogP contribution in [0.25, 0.3) is 0 Å². The highest BCUT2D eigenvalue weighted by atomic mass is 16.5. The van der Waals surface area contributed by atoms with Gasteiger partial charge in [-0.25, -0.2) is 0 Å². The molecule has 5 heteroatoms. The normalized spacial score (nSPS) is 19.7. The van der Waals surface area contributed by atoms with Crippen LogP contribution in [0.1, 0.15) is 6.42 Å². The summed E-state index contributed by atoms with van der Waals surface area (Å²) in [6.07, 6.45) is 0.445. The Balaban J connectivity index is 2.27. The lowest BCUT2D eigenvalue weighted by atomic mass is 10.1. The molecule has 1 saturated heterocycles. The number of benzene rings is 1. The van der Waals surface area contributed by atoms with Gasteiger partial charge >= 0.3 is 0 Å². The van der Waals surface area contributed by atoms with E-state index in [-0.39, 0.29) is 18.6 Å². The number of piperazine rings is 1. The average Bonchev–Trinajstić information content (AvgIpc) is 2.44. The van der Waals surface area contributed by atoms with Crippen LogP contribution in [0.3, 0.4) is 0 Å². The molecule has 1 atom stereocenters. The molecule has 1 aromatic rings. The Morgan fingerprint density at radius 3 is 2.89 bits per heavy atom.